The second kappa shape index (κ2) is 5.64. The molecule has 0 aliphatic carbocycles. The van der Waals surface area contributed by atoms with E-state index in [1.807, 2.05) is 54.8 Å². The number of rotatable bonds is 4. The van der Waals surface area contributed by atoms with Gasteiger partial charge in [-0.3, -0.25) is 4.79 Å². The Morgan fingerprint density at radius 1 is 1.24 bits per heavy atom. The first-order valence-corrected chi connectivity index (χ1v) is 6.50. The quantitative estimate of drug-likeness (QED) is 0.880. The van der Waals surface area contributed by atoms with Crippen LogP contribution in [0.1, 0.15) is 23.4 Å². The van der Waals surface area contributed by atoms with Crippen molar-refractivity contribution in [2.45, 2.75) is 19.4 Å². The molecule has 1 aromatic carbocycles. The highest BCUT2D eigenvalue weighted by Gasteiger charge is 2.09. The van der Waals surface area contributed by atoms with Gasteiger partial charge < -0.3 is 5.32 Å². The molecule has 3 heteroatoms. The predicted octanol–water partition coefficient (Wildman–Crippen LogP) is 3.17. The maximum atomic E-state index is 11.8. The van der Waals surface area contributed by atoms with Crippen molar-refractivity contribution in [1.29, 1.82) is 0 Å². The van der Waals surface area contributed by atoms with E-state index in [1.54, 1.807) is 11.3 Å². The number of hydrogen-bond donors (Lipinski definition) is 1. The van der Waals surface area contributed by atoms with Crippen LogP contribution in [0, 0.1) is 0 Å². The number of amides is 1. The minimum atomic E-state index is 0.0589. The molecule has 0 saturated heterocycles. The van der Waals surface area contributed by atoms with Crippen LogP contribution in [0.5, 0.6) is 0 Å². The van der Waals surface area contributed by atoms with Crippen LogP contribution in [-0.4, -0.2) is 5.91 Å². The average Bonchev–Trinajstić information content (AvgIpc) is 2.82. The zero-order valence-corrected chi connectivity index (χ0v) is 10.5. The molecule has 88 valence electrons. The summed E-state index contributed by atoms with van der Waals surface area (Å²) in [6.45, 7) is 2.00. The van der Waals surface area contributed by atoms with Gasteiger partial charge in [-0.25, -0.2) is 0 Å². The largest absolute Gasteiger partial charge is 0.349 e. The number of thiophene rings is 1. The van der Waals surface area contributed by atoms with Crippen molar-refractivity contribution in [3.05, 3.63) is 58.3 Å². The molecule has 1 heterocycles. The first-order valence-electron chi connectivity index (χ1n) is 5.62. The SMILES string of the molecule is C[C@@H](NC(=O)Cc1cccs1)c1ccccc1. The van der Waals surface area contributed by atoms with Gasteiger partial charge in [0.1, 0.15) is 0 Å². The number of carbonyl (C=O) groups is 1. The Bertz CT molecular complexity index is 464. The van der Waals surface area contributed by atoms with Crippen molar-refractivity contribution in [3.63, 3.8) is 0 Å². The Morgan fingerprint density at radius 2 is 2.00 bits per heavy atom. The molecule has 17 heavy (non-hydrogen) atoms. The monoisotopic (exact) mass is 245 g/mol. The Kier molecular flexibility index (Phi) is 3.94. The maximum Gasteiger partial charge on any atom is 0.225 e. The van der Waals surface area contributed by atoms with Gasteiger partial charge >= 0.3 is 0 Å². The second-order valence-electron chi connectivity index (χ2n) is 3.96. The first-order chi connectivity index (χ1) is 8.25. The van der Waals surface area contributed by atoms with Crippen LogP contribution in [0.25, 0.3) is 0 Å². The third-order valence-corrected chi connectivity index (χ3v) is 3.47. The fourth-order valence-electron chi connectivity index (χ4n) is 1.69. The molecule has 0 radical (unpaired) electrons. The summed E-state index contributed by atoms with van der Waals surface area (Å²) in [6.07, 6.45) is 0.467. The minimum Gasteiger partial charge on any atom is -0.349 e. The molecule has 0 fully saturated rings. The maximum absolute atomic E-state index is 11.8. The molecule has 2 nitrogen and oxygen atoms in total. The highest BCUT2D eigenvalue weighted by Crippen LogP contribution is 2.13. The molecule has 0 aliphatic rings. The van der Waals surface area contributed by atoms with Crippen LogP contribution >= 0.6 is 11.3 Å². The molecule has 1 amide bonds. The molecule has 1 aromatic heterocycles. The fourth-order valence-corrected chi connectivity index (χ4v) is 2.39. The van der Waals surface area contributed by atoms with Crippen LogP contribution in [0.4, 0.5) is 0 Å². The lowest BCUT2D eigenvalue weighted by molar-refractivity contribution is -0.121. The second-order valence-corrected chi connectivity index (χ2v) is 4.99. The molecular formula is C14H15NOS. The van der Waals surface area contributed by atoms with E-state index < -0.39 is 0 Å². The van der Waals surface area contributed by atoms with Gasteiger partial charge in [0.15, 0.2) is 0 Å². The van der Waals surface area contributed by atoms with Crippen LogP contribution in [0.2, 0.25) is 0 Å². The predicted molar refractivity (Wildman–Crippen MR) is 71.0 cm³/mol. The Hall–Kier alpha value is -1.61. The van der Waals surface area contributed by atoms with Gasteiger partial charge in [-0.15, -0.1) is 11.3 Å². The van der Waals surface area contributed by atoms with Gasteiger partial charge in [0, 0.05) is 4.88 Å². The summed E-state index contributed by atoms with van der Waals surface area (Å²) in [5.74, 6) is 0.0730. The van der Waals surface area contributed by atoms with Crippen LogP contribution in [-0.2, 0) is 11.2 Å². The van der Waals surface area contributed by atoms with Crippen molar-refractivity contribution in [3.8, 4) is 0 Å². The highest BCUT2D eigenvalue weighted by atomic mass is 32.1. The van der Waals surface area contributed by atoms with Crippen LogP contribution < -0.4 is 5.32 Å². The van der Waals surface area contributed by atoms with E-state index >= 15 is 0 Å². The van der Waals surface area contributed by atoms with E-state index in [-0.39, 0.29) is 11.9 Å². The molecule has 0 bridgehead atoms. The topological polar surface area (TPSA) is 29.1 Å². The Labute approximate surface area is 105 Å². The summed E-state index contributed by atoms with van der Waals surface area (Å²) in [5.41, 5.74) is 1.13. The van der Waals surface area contributed by atoms with E-state index in [0.29, 0.717) is 6.42 Å². The number of carbonyl (C=O) groups excluding carboxylic acids is 1. The zero-order valence-electron chi connectivity index (χ0n) is 9.72. The van der Waals surface area contributed by atoms with Crippen molar-refractivity contribution in [1.82, 2.24) is 5.32 Å². The van der Waals surface area contributed by atoms with E-state index in [2.05, 4.69) is 5.32 Å². The molecule has 1 atom stereocenters. The molecule has 0 aliphatic heterocycles. The summed E-state index contributed by atoms with van der Waals surface area (Å²) < 4.78 is 0. The summed E-state index contributed by atoms with van der Waals surface area (Å²) in [6, 6.07) is 14.0. The lowest BCUT2D eigenvalue weighted by Crippen LogP contribution is -2.27. The smallest absolute Gasteiger partial charge is 0.225 e. The summed E-state index contributed by atoms with van der Waals surface area (Å²) in [7, 11) is 0. The fraction of sp³-hybridized carbons (Fsp3) is 0.214. The van der Waals surface area contributed by atoms with E-state index in [4.69, 9.17) is 0 Å². The summed E-state index contributed by atoms with van der Waals surface area (Å²) in [5, 5.41) is 4.99. The number of hydrogen-bond acceptors (Lipinski definition) is 2. The third kappa shape index (κ3) is 3.43. The van der Waals surface area contributed by atoms with Crippen molar-refractivity contribution < 1.29 is 4.79 Å². The molecular weight excluding hydrogens is 230 g/mol. The average molecular weight is 245 g/mol. The van der Waals surface area contributed by atoms with Gasteiger partial charge in [0.25, 0.3) is 0 Å². The van der Waals surface area contributed by atoms with Gasteiger partial charge in [0.2, 0.25) is 5.91 Å². The molecule has 2 rings (SSSR count). The lowest BCUT2D eigenvalue weighted by Gasteiger charge is -2.13. The molecule has 1 N–H and O–H groups in total. The lowest BCUT2D eigenvalue weighted by atomic mass is 10.1. The van der Waals surface area contributed by atoms with E-state index in [0.717, 1.165) is 10.4 Å². The van der Waals surface area contributed by atoms with Gasteiger partial charge in [0.05, 0.1) is 12.5 Å². The van der Waals surface area contributed by atoms with Crippen LogP contribution in [0.15, 0.2) is 47.8 Å². The van der Waals surface area contributed by atoms with Gasteiger partial charge in [-0.2, -0.15) is 0 Å². The highest BCUT2D eigenvalue weighted by molar-refractivity contribution is 7.10. The van der Waals surface area contributed by atoms with E-state index in [9.17, 15) is 4.79 Å². The number of nitrogens with one attached hydrogen (secondary N) is 1. The van der Waals surface area contributed by atoms with Gasteiger partial charge in [-0.1, -0.05) is 36.4 Å². The van der Waals surface area contributed by atoms with Crippen LogP contribution in [0.3, 0.4) is 0 Å². The molecule has 0 saturated carbocycles. The van der Waals surface area contributed by atoms with Gasteiger partial charge in [-0.05, 0) is 23.9 Å². The molecule has 0 spiro atoms. The Morgan fingerprint density at radius 3 is 2.65 bits per heavy atom. The normalized spacial score (nSPS) is 12.1. The first kappa shape index (κ1) is 11.9. The van der Waals surface area contributed by atoms with Crippen molar-refractivity contribution in [2.24, 2.45) is 0 Å². The molecule has 0 unspecified atom stereocenters. The standard InChI is InChI=1S/C14H15NOS/c1-11(12-6-3-2-4-7-12)15-14(16)10-13-8-5-9-17-13/h2-9,11H,10H2,1H3,(H,15,16)/t11-/m1/s1. The third-order valence-electron chi connectivity index (χ3n) is 2.59. The van der Waals surface area contributed by atoms with Crippen molar-refractivity contribution in [2.75, 3.05) is 0 Å². The summed E-state index contributed by atoms with van der Waals surface area (Å²) >= 11 is 1.61. The minimum absolute atomic E-state index is 0.0589. The summed E-state index contributed by atoms with van der Waals surface area (Å²) in [4.78, 5) is 12.9. The zero-order chi connectivity index (χ0) is 12.1. The van der Waals surface area contributed by atoms with E-state index in [1.165, 1.54) is 0 Å². The van der Waals surface area contributed by atoms with Crippen molar-refractivity contribution >= 4 is 17.2 Å². The molecule has 2 aromatic rings. The Balaban J connectivity index is 1.91. The number of benzene rings is 1.